The van der Waals surface area contributed by atoms with Crippen LogP contribution in [0.4, 0.5) is 5.69 Å². The fourth-order valence-electron chi connectivity index (χ4n) is 2.80. The van der Waals surface area contributed by atoms with Crippen LogP contribution in [0.25, 0.3) is 27.5 Å². The summed E-state index contributed by atoms with van der Waals surface area (Å²) in [5.41, 5.74) is 2.33. The van der Waals surface area contributed by atoms with Crippen LogP contribution < -0.4 is 5.56 Å². The molecule has 0 bridgehead atoms. The van der Waals surface area contributed by atoms with Crippen molar-refractivity contribution in [3.63, 3.8) is 0 Å². The first-order valence-corrected chi connectivity index (χ1v) is 7.13. The molecule has 2 aromatic carbocycles. The normalized spacial score (nSPS) is 11.9. The van der Waals surface area contributed by atoms with Crippen molar-refractivity contribution in [1.29, 1.82) is 0 Å². The summed E-state index contributed by atoms with van der Waals surface area (Å²) in [6.45, 7) is 1.34. The average molecular weight is 304 g/mol. The molecule has 0 saturated carbocycles. The molecule has 2 heterocycles. The molecule has 0 aliphatic carbocycles. The summed E-state index contributed by atoms with van der Waals surface area (Å²) in [5, 5.41) is 9.04. The molecule has 0 aliphatic heterocycles. The summed E-state index contributed by atoms with van der Waals surface area (Å²) in [4.78, 5) is 27.2. The third-order valence-electron chi connectivity index (χ3n) is 3.75. The number of hydrogen-bond acceptors (Lipinski definition) is 3. The van der Waals surface area contributed by atoms with Crippen molar-refractivity contribution < 1.29 is 4.79 Å². The molecule has 2 aromatic heterocycles. The van der Waals surface area contributed by atoms with Crippen molar-refractivity contribution in [1.82, 2.24) is 9.38 Å². The van der Waals surface area contributed by atoms with Gasteiger partial charge in [-0.2, -0.15) is 0 Å². The second-order valence-corrected chi connectivity index (χ2v) is 5.24. The van der Waals surface area contributed by atoms with Gasteiger partial charge in [0.2, 0.25) is 0 Å². The molecule has 4 rings (SSSR count). The maximum Gasteiger partial charge on any atom is 0.266 e. The van der Waals surface area contributed by atoms with E-state index in [2.05, 4.69) is 15.2 Å². The molecular weight excluding hydrogens is 292 g/mol. The molecule has 0 fully saturated rings. The summed E-state index contributed by atoms with van der Waals surface area (Å²) >= 11 is 0. The Morgan fingerprint density at radius 2 is 1.74 bits per heavy atom. The lowest BCUT2D eigenvalue weighted by atomic mass is 10.2. The van der Waals surface area contributed by atoms with Crippen molar-refractivity contribution in [2.75, 3.05) is 0 Å². The standard InChI is InChI=1S/C17H12N4O2/c1-10(22)19-20-15-12-7-3-5-9-14(12)21-16(15)18-13-8-4-2-6-11(13)17(21)23/h2-9,18H,1H3. The molecule has 1 N–H and O–H groups in total. The minimum Gasteiger partial charge on any atom is -0.339 e. The highest BCUT2D eigenvalue weighted by Gasteiger charge is 2.15. The van der Waals surface area contributed by atoms with E-state index in [1.807, 2.05) is 42.5 Å². The first-order valence-electron chi connectivity index (χ1n) is 7.13. The first kappa shape index (κ1) is 13.4. The van der Waals surface area contributed by atoms with Crippen LogP contribution in [0.3, 0.4) is 0 Å². The summed E-state index contributed by atoms with van der Waals surface area (Å²) in [6, 6.07) is 14.7. The Bertz CT molecular complexity index is 1170. The second-order valence-electron chi connectivity index (χ2n) is 5.24. The number of carbonyl (C=O) groups excluding carboxylic acids is 1. The number of hydrogen-bond donors (Lipinski definition) is 1. The van der Waals surface area contributed by atoms with Crippen LogP contribution in [-0.2, 0) is 4.79 Å². The fourth-order valence-corrected chi connectivity index (χ4v) is 2.80. The van der Waals surface area contributed by atoms with Gasteiger partial charge in [-0.1, -0.05) is 30.3 Å². The van der Waals surface area contributed by atoms with E-state index in [1.165, 1.54) is 6.92 Å². The number of azo groups is 1. The zero-order valence-corrected chi connectivity index (χ0v) is 12.3. The summed E-state index contributed by atoms with van der Waals surface area (Å²) in [7, 11) is 0. The summed E-state index contributed by atoms with van der Waals surface area (Å²) in [5.74, 6) is -0.392. The predicted octanol–water partition coefficient (Wildman–Crippen LogP) is 3.56. The molecule has 6 nitrogen and oxygen atoms in total. The number of aromatic amines is 1. The van der Waals surface area contributed by atoms with Crippen LogP contribution >= 0.6 is 0 Å². The Labute approximate surface area is 130 Å². The lowest BCUT2D eigenvalue weighted by Gasteiger charge is -2.01. The monoisotopic (exact) mass is 304 g/mol. The van der Waals surface area contributed by atoms with E-state index in [-0.39, 0.29) is 5.56 Å². The van der Waals surface area contributed by atoms with Crippen LogP contribution in [-0.4, -0.2) is 15.3 Å². The quantitative estimate of drug-likeness (QED) is 0.546. The zero-order chi connectivity index (χ0) is 16.0. The van der Waals surface area contributed by atoms with E-state index in [0.717, 1.165) is 10.9 Å². The molecular formula is C17H12N4O2. The topological polar surface area (TPSA) is 79.1 Å². The lowest BCUT2D eigenvalue weighted by molar-refractivity contribution is -0.116. The van der Waals surface area contributed by atoms with E-state index < -0.39 is 5.91 Å². The maximum absolute atomic E-state index is 12.9. The first-order chi connectivity index (χ1) is 11.2. The van der Waals surface area contributed by atoms with Crippen LogP contribution in [0.15, 0.2) is 63.6 Å². The third-order valence-corrected chi connectivity index (χ3v) is 3.75. The van der Waals surface area contributed by atoms with Crippen molar-refractivity contribution in [3.8, 4) is 0 Å². The number of aromatic nitrogens is 2. The van der Waals surface area contributed by atoms with Gasteiger partial charge >= 0.3 is 0 Å². The number of amides is 1. The van der Waals surface area contributed by atoms with Gasteiger partial charge in [-0.15, -0.1) is 10.2 Å². The third kappa shape index (κ3) is 1.96. The van der Waals surface area contributed by atoms with Crippen LogP contribution in [0.1, 0.15) is 6.92 Å². The Morgan fingerprint density at radius 1 is 1.04 bits per heavy atom. The second kappa shape index (κ2) is 4.88. The summed E-state index contributed by atoms with van der Waals surface area (Å²) in [6.07, 6.45) is 0. The molecule has 0 radical (unpaired) electrons. The Balaban J connectivity index is 2.26. The fraction of sp³-hybridized carbons (Fsp3) is 0.0588. The highest BCUT2D eigenvalue weighted by Crippen LogP contribution is 2.32. The van der Waals surface area contributed by atoms with Gasteiger partial charge in [0.15, 0.2) is 0 Å². The van der Waals surface area contributed by atoms with Gasteiger partial charge < -0.3 is 4.98 Å². The van der Waals surface area contributed by atoms with Crippen LogP contribution in [0, 0.1) is 0 Å². The van der Waals surface area contributed by atoms with Crippen molar-refractivity contribution in [2.45, 2.75) is 6.92 Å². The molecule has 0 aliphatic rings. The van der Waals surface area contributed by atoms with Gasteiger partial charge in [-0.25, -0.2) is 0 Å². The van der Waals surface area contributed by atoms with Gasteiger partial charge in [0.1, 0.15) is 11.3 Å². The molecule has 0 atom stereocenters. The predicted molar refractivity (Wildman–Crippen MR) is 88.2 cm³/mol. The van der Waals surface area contributed by atoms with Crippen molar-refractivity contribution in [2.24, 2.45) is 10.2 Å². The number of fused-ring (bicyclic) bond motifs is 4. The molecule has 6 heteroatoms. The largest absolute Gasteiger partial charge is 0.339 e. The smallest absolute Gasteiger partial charge is 0.266 e. The SMILES string of the molecule is CC(=O)N=Nc1c2ccccc2n2c(=O)c3ccccc3[nH]c12. The molecule has 4 aromatic rings. The minimum absolute atomic E-state index is 0.130. The molecule has 23 heavy (non-hydrogen) atoms. The number of benzene rings is 2. The molecule has 1 amide bonds. The lowest BCUT2D eigenvalue weighted by Crippen LogP contribution is -2.13. The van der Waals surface area contributed by atoms with Crippen molar-refractivity contribution >= 4 is 39.0 Å². The number of nitrogens with one attached hydrogen (secondary N) is 1. The van der Waals surface area contributed by atoms with Gasteiger partial charge in [0.05, 0.1) is 16.4 Å². The van der Waals surface area contributed by atoms with E-state index >= 15 is 0 Å². The average Bonchev–Trinajstić information content (AvgIpc) is 2.87. The molecule has 0 saturated heterocycles. The van der Waals surface area contributed by atoms with E-state index in [0.29, 0.717) is 22.2 Å². The highest BCUT2D eigenvalue weighted by atomic mass is 16.1. The minimum atomic E-state index is -0.392. The maximum atomic E-state index is 12.9. The van der Waals surface area contributed by atoms with E-state index in [9.17, 15) is 9.59 Å². The molecule has 112 valence electrons. The van der Waals surface area contributed by atoms with Gasteiger partial charge in [-0.3, -0.25) is 14.0 Å². The van der Waals surface area contributed by atoms with E-state index in [4.69, 9.17) is 0 Å². The van der Waals surface area contributed by atoms with Crippen LogP contribution in [0.2, 0.25) is 0 Å². The Hall–Kier alpha value is -3.28. The number of para-hydroxylation sites is 2. The van der Waals surface area contributed by atoms with Gasteiger partial charge in [-0.05, 0) is 18.2 Å². The zero-order valence-electron chi connectivity index (χ0n) is 12.3. The summed E-state index contributed by atoms with van der Waals surface area (Å²) < 4.78 is 1.58. The molecule has 0 unspecified atom stereocenters. The van der Waals surface area contributed by atoms with Gasteiger partial charge in [0.25, 0.3) is 11.5 Å². The van der Waals surface area contributed by atoms with E-state index in [1.54, 1.807) is 10.5 Å². The number of nitrogens with zero attached hydrogens (tertiary/aromatic N) is 3. The Morgan fingerprint density at radius 3 is 2.52 bits per heavy atom. The van der Waals surface area contributed by atoms with Gasteiger partial charge in [0, 0.05) is 12.3 Å². The Kier molecular flexibility index (Phi) is 2.84. The van der Waals surface area contributed by atoms with Crippen LogP contribution in [0.5, 0.6) is 0 Å². The number of carbonyl (C=O) groups is 1. The number of H-pyrrole nitrogens is 1. The van der Waals surface area contributed by atoms with Crippen molar-refractivity contribution in [3.05, 3.63) is 58.9 Å². The molecule has 0 spiro atoms. The highest BCUT2D eigenvalue weighted by molar-refractivity contribution is 6.01. The number of rotatable bonds is 1.